The lowest BCUT2D eigenvalue weighted by Gasteiger charge is -2.51. The van der Waals surface area contributed by atoms with E-state index in [9.17, 15) is 4.79 Å². The lowest BCUT2D eigenvalue weighted by atomic mass is 9.73. The van der Waals surface area contributed by atoms with Gasteiger partial charge in [-0.2, -0.15) is 0 Å². The van der Waals surface area contributed by atoms with Crippen molar-refractivity contribution < 1.29 is 9.53 Å². The van der Waals surface area contributed by atoms with Crippen molar-refractivity contribution in [2.45, 2.75) is 31.5 Å². The van der Waals surface area contributed by atoms with Gasteiger partial charge in [0.2, 0.25) is 0 Å². The molecule has 6 rings (SSSR count). The molecular formula is C26H28N4O2. The van der Waals surface area contributed by atoms with Crippen LogP contribution >= 0.6 is 0 Å². The molecule has 1 amide bonds. The molecule has 2 bridgehead atoms. The number of para-hydroxylation sites is 1. The zero-order valence-corrected chi connectivity index (χ0v) is 18.1. The summed E-state index contributed by atoms with van der Waals surface area (Å²) >= 11 is 0. The molecule has 0 saturated carbocycles. The number of amides is 1. The van der Waals surface area contributed by atoms with Crippen LogP contribution in [-0.4, -0.2) is 40.1 Å². The summed E-state index contributed by atoms with van der Waals surface area (Å²) in [6.07, 6.45) is 8.74. The molecule has 1 N–H and O–H groups in total. The molecule has 32 heavy (non-hydrogen) atoms. The first kappa shape index (κ1) is 20.6. The SMILES string of the molecule is C=CC1CN2CCC1CC2C(OC(=O)NCc1cccnc1)c1ccnc2ccccc12. The molecule has 1 aromatic carbocycles. The molecule has 0 spiro atoms. The number of benzene rings is 1. The van der Waals surface area contributed by atoms with Gasteiger partial charge < -0.3 is 10.1 Å². The van der Waals surface area contributed by atoms with Crippen LogP contribution < -0.4 is 5.32 Å². The van der Waals surface area contributed by atoms with Gasteiger partial charge in [0.15, 0.2) is 0 Å². The summed E-state index contributed by atoms with van der Waals surface area (Å²) in [6.45, 7) is 6.42. The van der Waals surface area contributed by atoms with Crippen molar-refractivity contribution in [1.29, 1.82) is 0 Å². The number of carbonyl (C=O) groups is 1. The van der Waals surface area contributed by atoms with E-state index in [1.165, 1.54) is 6.42 Å². The van der Waals surface area contributed by atoms with Crippen LogP contribution in [0.15, 0.2) is 73.7 Å². The number of aromatic nitrogens is 2. The first-order chi connectivity index (χ1) is 15.7. The van der Waals surface area contributed by atoms with E-state index in [1.54, 1.807) is 12.4 Å². The maximum atomic E-state index is 12.9. The third-order valence-corrected chi connectivity index (χ3v) is 6.89. The van der Waals surface area contributed by atoms with Gasteiger partial charge in [0.1, 0.15) is 6.10 Å². The van der Waals surface area contributed by atoms with Crippen molar-refractivity contribution in [3.63, 3.8) is 0 Å². The second-order valence-electron chi connectivity index (χ2n) is 8.70. The standard InChI is InChI=1S/C26H28N4O2/c1-2-19-17-30-13-10-20(19)14-24(30)25(22-9-12-28-23-8-4-3-7-21(22)23)32-26(31)29-16-18-6-5-11-27-15-18/h2-9,11-12,15,19-20,24-25H,1,10,13-14,16-17H2,(H,29,31). The molecule has 3 aliphatic rings. The van der Waals surface area contributed by atoms with Gasteiger partial charge in [-0.1, -0.05) is 30.3 Å². The van der Waals surface area contributed by atoms with E-state index in [4.69, 9.17) is 4.74 Å². The van der Waals surface area contributed by atoms with Crippen molar-refractivity contribution in [2.24, 2.45) is 11.8 Å². The summed E-state index contributed by atoms with van der Waals surface area (Å²) in [7, 11) is 0. The molecular weight excluding hydrogens is 400 g/mol. The number of hydrogen-bond acceptors (Lipinski definition) is 5. The molecule has 5 atom stereocenters. The molecule has 6 nitrogen and oxygen atoms in total. The molecule has 2 aromatic heterocycles. The Morgan fingerprint density at radius 3 is 2.94 bits per heavy atom. The van der Waals surface area contributed by atoms with Gasteiger partial charge in [0.05, 0.1) is 11.6 Å². The topological polar surface area (TPSA) is 67.3 Å². The van der Waals surface area contributed by atoms with Crippen molar-refractivity contribution >= 4 is 17.0 Å². The highest BCUT2D eigenvalue weighted by atomic mass is 16.6. The number of pyridine rings is 2. The van der Waals surface area contributed by atoms with E-state index in [0.717, 1.165) is 41.5 Å². The van der Waals surface area contributed by atoms with E-state index >= 15 is 0 Å². The Morgan fingerprint density at radius 1 is 1.25 bits per heavy atom. The van der Waals surface area contributed by atoms with Gasteiger partial charge >= 0.3 is 6.09 Å². The van der Waals surface area contributed by atoms with Gasteiger partial charge in [-0.3, -0.25) is 14.9 Å². The minimum atomic E-state index is -0.414. The Morgan fingerprint density at radius 2 is 2.16 bits per heavy atom. The lowest BCUT2D eigenvalue weighted by Crippen LogP contribution is -2.55. The molecule has 3 aliphatic heterocycles. The minimum Gasteiger partial charge on any atom is -0.440 e. The molecule has 3 fully saturated rings. The van der Waals surface area contributed by atoms with Crippen LogP contribution in [0.1, 0.15) is 30.1 Å². The van der Waals surface area contributed by atoms with Crippen molar-refractivity contribution in [2.75, 3.05) is 13.1 Å². The van der Waals surface area contributed by atoms with Crippen molar-refractivity contribution in [1.82, 2.24) is 20.2 Å². The molecule has 6 heteroatoms. The smallest absolute Gasteiger partial charge is 0.408 e. The van der Waals surface area contributed by atoms with Crippen LogP contribution in [0.5, 0.6) is 0 Å². The summed E-state index contributed by atoms with van der Waals surface area (Å²) in [5.74, 6) is 1.09. The second-order valence-corrected chi connectivity index (χ2v) is 8.70. The molecule has 5 unspecified atom stereocenters. The highest BCUT2D eigenvalue weighted by Crippen LogP contribution is 2.43. The van der Waals surface area contributed by atoms with E-state index in [-0.39, 0.29) is 12.1 Å². The first-order valence-electron chi connectivity index (χ1n) is 11.3. The maximum absolute atomic E-state index is 12.9. The molecule has 164 valence electrons. The van der Waals surface area contributed by atoms with Gasteiger partial charge in [0, 0.05) is 42.6 Å². The number of ether oxygens (including phenoxy) is 1. The number of hydrogen-bond donors (Lipinski definition) is 1. The van der Waals surface area contributed by atoms with Gasteiger partial charge in [-0.25, -0.2) is 4.79 Å². The van der Waals surface area contributed by atoms with Gasteiger partial charge in [-0.15, -0.1) is 6.58 Å². The fraction of sp³-hybridized carbons (Fsp3) is 0.346. The molecule has 3 aromatic rings. The number of piperidine rings is 3. The third kappa shape index (κ3) is 4.10. The number of nitrogens with zero attached hydrogens (tertiary/aromatic N) is 3. The predicted octanol–water partition coefficient (Wildman–Crippen LogP) is 4.49. The Balaban J connectivity index is 1.43. The second kappa shape index (κ2) is 9.09. The highest BCUT2D eigenvalue weighted by molar-refractivity contribution is 5.82. The Bertz CT molecular complexity index is 1100. The van der Waals surface area contributed by atoms with Crippen LogP contribution in [0.25, 0.3) is 10.9 Å². The molecule has 5 heterocycles. The average molecular weight is 429 g/mol. The van der Waals surface area contributed by atoms with Crippen molar-refractivity contribution in [3.8, 4) is 0 Å². The van der Waals surface area contributed by atoms with E-state index in [0.29, 0.717) is 18.4 Å². The van der Waals surface area contributed by atoms with E-state index in [1.807, 2.05) is 42.6 Å². The summed E-state index contributed by atoms with van der Waals surface area (Å²) in [5, 5.41) is 3.93. The predicted molar refractivity (Wildman–Crippen MR) is 124 cm³/mol. The number of nitrogens with one attached hydrogen (secondary N) is 1. The van der Waals surface area contributed by atoms with Crippen LogP contribution in [0, 0.1) is 11.8 Å². The normalized spacial score (nSPS) is 25.2. The average Bonchev–Trinajstić information content (AvgIpc) is 2.86. The monoisotopic (exact) mass is 428 g/mol. The van der Waals surface area contributed by atoms with Crippen molar-refractivity contribution in [3.05, 3.63) is 84.8 Å². The number of fused-ring (bicyclic) bond motifs is 4. The van der Waals surface area contributed by atoms with Crippen LogP contribution in [0.4, 0.5) is 4.79 Å². The number of carbonyl (C=O) groups excluding carboxylic acids is 1. The number of rotatable bonds is 6. The largest absolute Gasteiger partial charge is 0.440 e. The summed E-state index contributed by atoms with van der Waals surface area (Å²) in [4.78, 5) is 24.0. The molecule has 0 radical (unpaired) electrons. The summed E-state index contributed by atoms with van der Waals surface area (Å²) in [6, 6.07) is 14.0. The zero-order chi connectivity index (χ0) is 21.9. The number of alkyl carbamates (subject to hydrolysis) is 1. The minimum absolute atomic E-state index is 0.139. The Kier molecular flexibility index (Phi) is 5.86. The van der Waals surface area contributed by atoms with Crippen LogP contribution in [0.2, 0.25) is 0 Å². The quantitative estimate of drug-likeness (QED) is 0.586. The van der Waals surface area contributed by atoms with Crippen LogP contribution in [0.3, 0.4) is 0 Å². The van der Waals surface area contributed by atoms with Gasteiger partial charge in [-0.05, 0) is 55.0 Å². The summed E-state index contributed by atoms with van der Waals surface area (Å²) in [5.41, 5.74) is 2.86. The zero-order valence-electron chi connectivity index (χ0n) is 18.1. The van der Waals surface area contributed by atoms with E-state index in [2.05, 4.69) is 38.9 Å². The Hall–Kier alpha value is -3.25. The third-order valence-electron chi connectivity index (χ3n) is 6.89. The molecule has 0 aliphatic carbocycles. The fourth-order valence-electron chi connectivity index (χ4n) is 5.24. The van der Waals surface area contributed by atoms with Crippen LogP contribution in [-0.2, 0) is 11.3 Å². The summed E-state index contributed by atoms with van der Waals surface area (Å²) < 4.78 is 6.16. The van der Waals surface area contributed by atoms with E-state index < -0.39 is 6.09 Å². The molecule has 3 saturated heterocycles. The van der Waals surface area contributed by atoms with Gasteiger partial charge in [0.25, 0.3) is 0 Å². The maximum Gasteiger partial charge on any atom is 0.408 e. The Labute approximate surface area is 188 Å². The highest BCUT2D eigenvalue weighted by Gasteiger charge is 2.44. The first-order valence-corrected chi connectivity index (χ1v) is 11.3. The lowest BCUT2D eigenvalue weighted by molar-refractivity contribution is -0.0498. The fourth-order valence-corrected chi connectivity index (χ4v) is 5.24.